The van der Waals surface area contributed by atoms with Gasteiger partial charge in [0.05, 0.1) is 0 Å². The second kappa shape index (κ2) is 13.8. The van der Waals surface area contributed by atoms with E-state index in [4.69, 9.17) is 4.74 Å². The monoisotopic (exact) mass is 517 g/mol. The molecule has 0 aromatic heterocycles. The van der Waals surface area contributed by atoms with E-state index in [9.17, 15) is 14.4 Å². The quantitative estimate of drug-likeness (QED) is 0.322. The van der Waals surface area contributed by atoms with E-state index in [1.807, 2.05) is 66.7 Å². The molecule has 0 aliphatic rings. The van der Waals surface area contributed by atoms with Gasteiger partial charge in [-0.25, -0.2) is 4.79 Å². The van der Waals surface area contributed by atoms with Crippen LogP contribution in [0, 0.1) is 19.8 Å². The first-order chi connectivity index (χ1) is 17.1. The van der Waals surface area contributed by atoms with Crippen molar-refractivity contribution < 1.29 is 19.1 Å². The number of rotatable bonds is 12. The second-order valence-electron chi connectivity index (χ2n) is 11.9. The molecule has 37 heavy (non-hydrogen) atoms. The molecule has 0 aliphatic heterocycles. The first kappa shape index (κ1) is 32.5. The number of ether oxygens (including phenoxy) is 1. The molecular weight excluding hydrogens is 466 g/mol. The number of hydrogen-bond donors (Lipinski definition) is 2. The third kappa shape index (κ3) is 9.35. The lowest BCUT2D eigenvalue weighted by molar-refractivity contribution is -0.150. The second-order valence-corrected chi connectivity index (χ2v) is 11.9. The Morgan fingerprint density at radius 1 is 0.973 bits per heavy atom. The Morgan fingerprint density at radius 3 is 2.00 bits per heavy atom. The topological polar surface area (TPSA) is 87.7 Å². The highest BCUT2D eigenvalue weighted by Crippen LogP contribution is 2.35. The van der Waals surface area contributed by atoms with Gasteiger partial charge in [0.2, 0.25) is 11.8 Å². The van der Waals surface area contributed by atoms with Gasteiger partial charge < -0.3 is 20.3 Å². The molecule has 1 aromatic carbocycles. The molecule has 0 saturated carbocycles. The Bertz CT molecular complexity index is 898. The Hall–Kier alpha value is -2.57. The summed E-state index contributed by atoms with van der Waals surface area (Å²) in [5.41, 5.74) is 1.35. The first-order valence-corrected chi connectivity index (χ1v) is 13.7. The first-order valence-electron chi connectivity index (χ1n) is 13.7. The van der Waals surface area contributed by atoms with Gasteiger partial charge in [-0.3, -0.25) is 9.59 Å². The molecule has 210 valence electrons. The van der Waals surface area contributed by atoms with Crippen molar-refractivity contribution in [2.24, 2.45) is 5.92 Å². The molecule has 2 atom stereocenters. The summed E-state index contributed by atoms with van der Waals surface area (Å²) in [5.74, 6) is -0.728. The molecule has 0 spiro atoms. The number of unbranched alkanes of at least 4 members (excludes halogenated alkanes) is 2. The summed E-state index contributed by atoms with van der Waals surface area (Å²) in [6, 6.07) is 4.20. The van der Waals surface area contributed by atoms with Crippen molar-refractivity contribution in [1.82, 2.24) is 15.5 Å². The van der Waals surface area contributed by atoms with Crippen LogP contribution in [0.3, 0.4) is 0 Å². The largest absolute Gasteiger partial charge is 0.444 e. The predicted octanol–water partition coefficient (Wildman–Crippen LogP) is 6.22. The minimum absolute atomic E-state index is 0.205. The highest BCUT2D eigenvalue weighted by Gasteiger charge is 2.44. The standard InChI is InChI=1S/C30H51N3O4/c1-12-14-15-19-31-26(34)25(23-21(5)17-16-18-22(23)6)33(30(10,11)13-2)27(35)24(20(3)4)32-28(36)37-29(7,8)9/h16-18,20,24-25H,12-15,19H2,1-11H3,(H,31,34)(H,32,36). The number of carbonyl (C=O) groups excluding carboxylic acids is 3. The SMILES string of the molecule is CCCCCNC(=O)C(c1c(C)cccc1C)N(C(=O)C(NC(=O)OC(C)(C)C)C(C)C)C(C)(C)CC. The molecule has 0 bridgehead atoms. The van der Waals surface area contributed by atoms with Crippen LogP contribution >= 0.6 is 0 Å². The lowest BCUT2D eigenvalue weighted by atomic mass is 9.87. The molecule has 0 aliphatic carbocycles. The highest BCUT2D eigenvalue weighted by atomic mass is 16.6. The van der Waals surface area contributed by atoms with Gasteiger partial charge in [0, 0.05) is 12.1 Å². The molecule has 2 N–H and O–H groups in total. The Balaban J connectivity index is 3.65. The van der Waals surface area contributed by atoms with Crippen LogP contribution < -0.4 is 10.6 Å². The minimum Gasteiger partial charge on any atom is -0.444 e. The Morgan fingerprint density at radius 2 is 1.54 bits per heavy atom. The van der Waals surface area contributed by atoms with Crippen LogP contribution in [0.2, 0.25) is 0 Å². The summed E-state index contributed by atoms with van der Waals surface area (Å²) < 4.78 is 5.47. The zero-order valence-electron chi connectivity index (χ0n) is 25.1. The number of nitrogens with one attached hydrogen (secondary N) is 2. The van der Waals surface area contributed by atoms with Crippen molar-refractivity contribution in [2.75, 3.05) is 6.54 Å². The van der Waals surface area contributed by atoms with E-state index in [0.717, 1.165) is 36.0 Å². The molecular formula is C30H51N3O4. The van der Waals surface area contributed by atoms with E-state index in [2.05, 4.69) is 17.6 Å². The van der Waals surface area contributed by atoms with Crippen LogP contribution in [-0.2, 0) is 14.3 Å². The fourth-order valence-corrected chi connectivity index (χ4v) is 4.36. The number of nitrogens with zero attached hydrogens (tertiary/aromatic N) is 1. The maximum absolute atomic E-state index is 14.4. The Kier molecular flexibility index (Phi) is 12.1. The van der Waals surface area contributed by atoms with Crippen molar-refractivity contribution >= 4 is 17.9 Å². The molecule has 2 unspecified atom stereocenters. The molecule has 7 nitrogen and oxygen atoms in total. The van der Waals surface area contributed by atoms with Crippen molar-refractivity contribution in [3.63, 3.8) is 0 Å². The summed E-state index contributed by atoms with van der Waals surface area (Å²) in [6.07, 6.45) is 2.92. The zero-order valence-corrected chi connectivity index (χ0v) is 25.1. The van der Waals surface area contributed by atoms with Crippen molar-refractivity contribution in [2.45, 2.75) is 125 Å². The normalized spacial score (nSPS) is 13.6. The van der Waals surface area contributed by atoms with Gasteiger partial charge >= 0.3 is 6.09 Å². The van der Waals surface area contributed by atoms with E-state index >= 15 is 0 Å². The molecule has 0 radical (unpaired) electrons. The lowest BCUT2D eigenvalue weighted by Gasteiger charge is -2.45. The Labute approximate surface area is 225 Å². The third-order valence-electron chi connectivity index (χ3n) is 6.76. The summed E-state index contributed by atoms with van der Waals surface area (Å²) >= 11 is 0. The summed E-state index contributed by atoms with van der Waals surface area (Å²) in [6.45, 7) is 21.7. The average molecular weight is 518 g/mol. The van der Waals surface area contributed by atoms with Gasteiger partial charge in [-0.1, -0.05) is 58.7 Å². The van der Waals surface area contributed by atoms with Crippen molar-refractivity contribution in [3.05, 3.63) is 34.9 Å². The molecule has 1 rings (SSSR count). The van der Waals surface area contributed by atoms with Crippen LogP contribution in [0.25, 0.3) is 0 Å². The van der Waals surface area contributed by atoms with Gasteiger partial charge in [-0.05, 0) is 83.9 Å². The van der Waals surface area contributed by atoms with Crippen molar-refractivity contribution in [3.8, 4) is 0 Å². The van der Waals surface area contributed by atoms with Gasteiger partial charge in [-0.15, -0.1) is 0 Å². The number of benzene rings is 1. The summed E-state index contributed by atoms with van der Waals surface area (Å²) in [5, 5.41) is 5.90. The van der Waals surface area contributed by atoms with Crippen LogP contribution in [0.5, 0.6) is 0 Å². The van der Waals surface area contributed by atoms with Gasteiger partial charge in [0.25, 0.3) is 0 Å². The average Bonchev–Trinajstić information content (AvgIpc) is 2.77. The number of carbonyl (C=O) groups is 3. The van der Waals surface area contributed by atoms with E-state index < -0.39 is 29.3 Å². The third-order valence-corrected chi connectivity index (χ3v) is 6.76. The van der Waals surface area contributed by atoms with E-state index in [1.165, 1.54) is 0 Å². The summed E-state index contributed by atoms with van der Waals surface area (Å²) in [4.78, 5) is 42.7. The molecule has 1 aromatic rings. The van der Waals surface area contributed by atoms with Crippen LogP contribution in [-0.4, -0.2) is 46.5 Å². The number of hydrogen-bond acceptors (Lipinski definition) is 4. The number of amides is 3. The molecule has 3 amide bonds. The maximum atomic E-state index is 14.4. The highest BCUT2D eigenvalue weighted by molar-refractivity contribution is 5.93. The van der Waals surface area contributed by atoms with Gasteiger partial charge in [-0.2, -0.15) is 0 Å². The van der Waals surface area contributed by atoms with Gasteiger partial charge in [0.15, 0.2) is 0 Å². The zero-order chi connectivity index (χ0) is 28.6. The van der Waals surface area contributed by atoms with E-state index in [1.54, 1.807) is 25.7 Å². The maximum Gasteiger partial charge on any atom is 0.408 e. The molecule has 7 heteroatoms. The fraction of sp³-hybridized carbons (Fsp3) is 0.700. The van der Waals surface area contributed by atoms with Crippen LogP contribution in [0.15, 0.2) is 18.2 Å². The molecule has 0 fully saturated rings. The number of alkyl carbamates (subject to hydrolysis) is 1. The smallest absolute Gasteiger partial charge is 0.408 e. The molecule has 0 heterocycles. The van der Waals surface area contributed by atoms with Crippen LogP contribution in [0.4, 0.5) is 4.79 Å². The predicted molar refractivity (Wildman–Crippen MR) is 150 cm³/mol. The number of aryl methyl sites for hydroxylation is 2. The molecule has 0 saturated heterocycles. The van der Waals surface area contributed by atoms with Gasteiger partial charge in [0.1, 0.15) is 17.7 Å². The van der Waals surface area contributed by atoms with E-state index in [-0.39, 0.29) is 17.7 Å². The summed E-state index contributed by atoms with van der Waals surface area (Å²) in [7, 11) is 0. The van der Waals surface area contributed by atoms with Crippen LogP contribution in [0.1, 0.15) is 111 Å². The lowest BCUT2D eigenvalue weighted by Crippen LogP contribution is -2.60. The fourth-order valence-electron chi connectivity index (χ4n) is 4.36. The van der Waals surface area contributed by atoms with E-state index in [0.29, 0.717) is 13.0 Å². The minimum atomic E-state index is -0.861. The van der Waals surface area contributed by atoms with Crippen molar-refractivity contribution in [1.29, 1.82) is 0 Å².